The number of hydrogen-bond acceptors (Lipinski definition) is 7. The van der Waals surface area contributed by atoms with Gasteiger partial charge in [0.2, 0.25) is 5.91 Å². The minimum atomic E-state index is -0.237. The van der Waals surface area contributed by atoms with Gasteiger partial charge < -0.3 is 15.5 Å². The second-order valence-corrected chi connectivity index (χ2v) is 8.74. The third-order valence-corrected chi connectivity index (χ3v) is 6.35. The first-order valence-corrected chi connectivity index (χ1v) is 11.2. The Labute approximate surface area is 187 Å². The van der Waals surface area contributed by atoms with Gasteiger partial charge in [0.25, 0.3) is 5.91 Å². The number of rotatable bonds is 6. The molecule has 3 aromatic heterocycles. The summed E-state index contributed by atoms with van der Waals surface area (Å²) in [7, 11) is 0. The van der Waals surface area contributed by atoms with Gasteiger partial charge in [-0.05, 0) is 31.4 Å². The molecule has 11 heteroatoms. The summed E-state index contributed by atoms with van der Waals surface area (Å²) in [6.45, 7) is 3.80. The summed E-state index contributed by atoms with van der Waals surface area (Å²) in [5.41, 5.74) is 3.25. The molecule has 0 radical (unpaired) electrons. The van der Waals surface area contributed by atoms with Crippen LogP contribution in [0.5, 0.6) is 0 Å². The number of amides is 2. The molecule has 2 amide bonds. The van der Waals surface area contributed by atoms with E-state index in [1.165, 1.54) is 17.5 Å². The molecule has 0 spiro atoms. The smallest absolute Gasteiger partial charge is 0.267 e. The highest BCUT2D eigenvalue weighted by molar-refractivity contribution is 7.17. The molecule has 0 saturated carbocycles. The molecular weight excluding hydrogens is 428 g/mol. The number of anilines is 3. The fraction of sp³-hybridized carbons (Fsp3) is 0.286. The van der Waals surface area contributed by atoms with E-state index < -0.39 is 0 Å². The molecule has 4 heterocycles. The van der Waals surface area contributed by atoms with Crippen LogP contribution in [-0.4, -0.2) is 54.8 Å². The lowest BCUT2D eigenvalue weighted by atomic mass is 10.1. The van der Waals surface area contributed by atoms with Crippen molar-refractivity contribution in [3.8, 4) is 0 Å². The second-order valence-electron chi connectivity index (χ2n) is 7.71. The van der Waals surface area contributed by atoms with Crippen molar-refractivity contribution >= 4 is 50.6 Å². The number of nitrogens with zero attached hydrogens (tertiary/aromatic N) is 5. The number of H-pyrrole nitrogens is 1. The number of thiazole rings is 1. The Morgan fingerprint density at radius 1 is 1.19 bits per heavy atom. The average Bonchev–Trinajstić information content (AvgIpc) is 3.58. The van der Waals surface area contributed by atoms with Crippen LogP contribution in [0.15, 0.2) is 36.9 Å². The normalized spacial score (nSPS) is 13.6. The van der Waals surface area contributed by atoms with Gasteiger partial charge in [0.05, 0.1) is 35.5 Å². The number of hydrogen-bond donors (Lipinski definition) is 3. The SMILES string of the molecule is Cc1ccc2[nH]ncc2c1NC(=O)c1cnc(Nc2cnn(CC(=O)N3CCCC3)c2)s1. The van der Waals surface area contributed by atoms with Crippen molar-refractivity contribution < 1.29 is 9.59 Å². The highest BCUT2D eigenvalue weighted by Gasteiger charge is 2.19. The lowest BCUT2D eigenvalue weighted by Gasteiger charge is -2.14. The Bertz CT molecular complexity index is 1280. The van der Waals surface area contributed by atoms with Gasteiger partial charge in [-0.2, -0.15) is 10.2 Å². The van der Waals surface area contributed by atoms with E-state index in [1.54, 1.807) is 23.3 Å². The first kappa shape index (κ1) is 20.2. The molecular formula is C21H22N8O2S. The summed E-state index contributed by atoms with van der Waals surface area (Å²) in [6, 6.07) is 3.86. The van der Waals surface area contributed by atoms with E-state index in [1.807, 2.05) is 24.0 Å². The molecule has 10 nitrogen and oxygen atoms in total. The number of carbonyl (C=O) groups excluding carboxylic acids is 2. The molecule has 3 N–H and O–H groups in total. The zero-order valence-corrected chi connectivity index (χ0v) is 18.3. The zero-order chi connectivity index (χ0) is 22.1. The van der Waals surface area contributed by atoms with Gasteiger partial charge in [-0.15, -0.1) is 0 Å². The minimum Gasteiger partial charge on any atom is -0.341 e. The lowest BCUT2D eigenvalue weighted by molar-refractivity contribution is -0.130. The van der Waals surface area contributed by atoms with E-state index in [4.69, 9.17) is 0 Å². The first-order valence-electron chi connectivity index (χ1n) is 10.3. The van der Waals surface area contributed by atoms with Crippen LogP contribution < -0.4 is 10.6 Å². The number of aromatic nitrogens is 5. The van der Waals surface area contributed by atoms with Gasteiger partial charge in [0, 0.05) is 24.7 Å². The van der Waals surface area contributed by atoms with Crippen LogP contribution in [0.25, 0.3) is 10.9 Å². The molecule has 0 unspecified atom stereocenters. The Morgan fingerprint density at radius 3 is 2.88 bits per heavy atom. The van der Waals surface area contributed by atoms with Gasteiger partial charge in [-0.3, -0.25) is 19.4 Å². The Hall–Kier alpha value is -3.73. The van der Waals surface area contributed by atoms with Crippen molar-refractivity contribution in [2.45, 2.75) is 26.3 Å². The van der Waals surface area contributed by atoms with E-state index in [2.05, 4.69) is 30.9 Å². The van der Waals surface area contributed by atoms with Gasteiger partial charge in [0.15, 0.2) is 5.13 Å². The number of likely N-dealkylation sites (tertiary alicyclic amines) is 1. The largest absolute Gasteiger partial charge is 0.341 e. The Balaban J connectivity index is 1.23. The summed E-state index contributed by atoms with van der Waals surface area (Å²) >= 11 is 1.24. The number of aromatic amines is 1. The van der Waals surface area contributed by atoms with Crippen LogP contribution >= 0.6 is 11.3 Å². The quantitative estimate of drug-likeness (QED) is 0.415. The molecule has 1 aliphatic rings. The fourth-order valence-corrected chi connectivity index (χ4v) is 4.48. The summed E-state index contributed by atoms with van der Waals surface area (Å²) in [6.07, 6.45) is 8.76. The number of benzene rings is 1. The molecule has 1 aliphatic heterocycles. The van der Waals surface area contributed by atoms with Crippen LogP contribution in [0, 0.1) is 6.92 Å². The first-order chi connectivity index (χ1) is 15.6. The number of carbonyl (C=O) groups is 2. The van der Waals surface area contributed by atoms with Gasteiger partial charge in [-0.1, -0.05) is 17.4 Å². The topological polar surface area (TPSA) is 121 Å². The molecule has 164 valence electrons. The molecule has 0 atom stereocenters. The van der Waals surface area contributed by atoms with Gasteiger partial charge in [-0.25, -0.2) is 4.98 Å². The third kappa shape index (κ3) is 4.06. The van der Waals surface area contributed by atoms with Crippen molar-refractivity contribution in [1.29, 1.82) is 0 Å². The molecule has 5 rings (SSSR count). The summed E-state index contributed by atoms with van der Waals surface area (Å²) in [5, 5.41) is 18.8. The maximum atomic E-state index is 12.8. The molecule has 4 aromatic rings. The minimum absolute atomic E-state index is 0.0771. The Kier molecular flexibility index (Phi) is 5.31. The number of nitrogens with one attached hydrogen (secondary N) is 3. The summed E-state index contributed by atoms with van der Waals surface area (Å²) in [4.78, 5) is 31.7. The maximum absolute atomic E-state index is 12.8. The standard InChI is InChI=1S/C21H22N8O2S/c1-13-4-5-16-15(9-23-27-16)19(13)26-20(31)17-10-22-21(32-17)25-14-8-24-29(11-14)12-18(30)28-6-2-3-7-28/h4-5,8-11H,2-3,6-7,12H2,1H3,(H,22,25)(H,23,27)(H,26,31). The van der Waals surface area contributed by atoms with Crippen LogP contribution in [0.4, 0.5) is 16.5 Å². The average molecular weight is 451 g/mol. The summed E-state index contributed by atoms with van der Waals surface area (Å²) in [5.74, 6) is -0.160. The molecule has 0 bridgehead atoms. The Morgan fingerprint density at radius 2 is 2.03 bits per heavy atom. The van der Waals surface area contributed by atoms with Gasteiger partial charge in [0.1, 0.15) is 11.4 Å². The van der Waals surface area contributed by atoms with Crippen LogP contribution in [-0.2, 0) is 11.3 Å². The molecule has 1 aromatic carbocycles. The van der Waals surface area contributed by atoms with Crippen molar-refractivity contribution in [2.24, 2.45) is 0 Å². The fourth-order valence-electron chi connectivity index (χ4n) is 3.75. The predicted octanol–water partition coefficient (Wildman–Crippen LogP) is 3.14. The van der Waals surface area contributed by atoms with Crippen molar-refractivity contribution in [3.63, 3.8) is 0 Å². The number of fused-ring (bicyclic) bond motifs is 1. The van der Waals surface area contributed by atoms with E-state index in [9.17, 15) is 9.59 Å². The van der Waals surface area contributed by atoms with Crippen molar-refractivity contribution in [1.82, 2.24) is 29.9 Å². The van der Waals surface area contributed by atoms with E-state index in [0.717, 1.165) is 48.1 Å². The molecule has 1 saturated heterocycles. The van der Waals surface area contributed by atoms with Crippen molar-refractivity contribution in [2.75, 3.05) is 23.7 Å². The highest BCUT2D eigenvalue weighted by Crippen LogP contribution is 2.28. The lowest BCUT2D eigenvalue weighted by Crippen LogP contribution is -2.31. The molecule has 0 aliphatic carbocycles. The van der Waals surface area contributed by atoms with Crippen LogP contribution in [0.3, 0.4) is 0 Å². The summed E-state index contributed by atoms with van der Waals surface area (Å²) < 4.78 is 1.61. The van der Waals surface area contributed by atoms with Crippen LogP contribution in [0.1, 0.15) is 28.1 Å². The van der Waals surface area contributed by atoms with Gasteiger partial charge >= 0.3 is 0 Å². The van der Waals surface area contributed by atoms with E-state index >= 15 is 0 Å². The maximum Gasteiger partial charge on any atom is 0.267 e. The van der Waals surface area contributed by atoms with Crippen LogP contribution in [0.2, 0.25) is 0 Å². The predicted molar refractivity (Wildman–Crippen MR) is 122 cm³/mol. The van der Waals surface area contributed by atoms with E-state index in [-0.39, 0.29) is 18.4 Å². The number of aryl methyl sites for hydroxylation is 1. The zero-order valence-electron chi connectivity index (χ0n) is 17.5. The van der Waals surface area contributed by atoms with E-state index in [0.29, 0.717) is 15.7 Å². The third-order valence-electron chi connectivity index (χ3n) is 5.44. The monoisotopic (exact) mass is 450 g/mol. The molecule has 1 fully saturated rings. The second kappa shape index (κ2) is 8.42. The van der Waals surface area contributed by atoms with Crippen molar-refractivity contribution in [3.05, 3.63) is 47.4 Å². The highest BCUT2D eigenvalue weighted by atomic mass is 32.1. The molecule has 32 heavy (non-hydrogen) atoms.